The molecule has 1 saturated heterocycles. The SMILES string of the molecule is C=C(N=C(SN)N1CCN(CCc2ccc(OC)cc2)CC1)C1CCCCC1. The normalized spacial score (nSPS) is 19.6. The fourth-order valence-corrected chi connectivity index (χ4v) is 4.57. The maximum atomic E-state index is 5.95. The van der Waals surface area contributed by atoms with Crippen molar-refractivity contribution in [3.8, 4) is 5.75 Å². The van der Waals surface area contributed by atoms with Gasteiger partial charge in [0.15, 0.2) is 5.17 Å². The summed E-state index contributed by atoms with van der Waals surface area (Å²) in [5.41, 5.74) is 2.38. The number of benzene rings is 1. The molecule has 28 heavy (non-hydrogen) atoms. The molecule has 0 atom stereocenters. The summed E-state index contributed by atoms with van der Waals surface area (Å²) in [5, 5.41) is 6.89. The molecule has 3 rings (SSSR count). The van der Waals surface area contributed by atoms with Crippen LogP contribution in [0.3, 0.4) is 0 Å². The zero-order valence-electron chi connectivity index (χ0n) is 17.1. The zero-order chi connectivity index (χ0) is 19.8. The molecule has 0 radical (unpaired) electrons. The Morgan fingerprint density at radius 2 is 1.82 bits per heavy atom. The molecule has 0 amide bonds. The van der Waals surface area contributed by atoms with Gasteiger partial charge in [-0.05, 0) is 48.9 Å². The van der Waals surface area contributed by atoms with Crippen molar-refractivity contribution in [2.75, 3.05) is 39.8 Å². The highest BCUT2D eigenvalue weighted by Crippen LogP contribution is 2.30. The van der Waals surface area contributed by atoms with Crippen molar-refractivity contribution < 1.29 is 4.74 Å². The van der Waals surface area contributed by atoms with Gasteiger partial charge in [0.25, 0.3) is 0 Å². The summed E-state index contributed by atoms with van der Waals surface area (Å²) < 4.78 is 5.23. The number of ether oxygens (including phenoxy) is 1. The number of nitrogens with zero attached hydrogens (tertiary/aromatic N) is 3. The predicted octanol–water partition coefficient (Wildman–Crippen LogP) is 3.91. The van der Waals surface area contributed by atoms with Crippen molar-refractivity contribution in [3.63, 3.8) is 0 Å². The molecular weight excluding hydrogens is 368 g/mol. The summed E-state index contributed by atoms with van der Waals surface area (Å²) in [4.78, 5) is 9.68. The second-order valence-electron chi connectivity index (χ2n) is 7.77. The summed E-state index contributed by atoms with van der Waals surface area (Å²) in [5.74, 6) is 1.46. The van der Waals surface area contributed by atoms with Crippen molar-refractivity contribution in [1.29, 1.82) is 0 Å². The van der Waals surface area contributed by atoms with Gasteiger partial charge < -0.3 is 9.64 Å². The van der Waals surface area contributed by atoms with E-state index in [1.54, 1.807) is 7.11 Å². The van der Waals surface area contributed by atoms with Gasteiger partial charge in [-0.2, -0.15) is 0 Å². The smallest absolute Gasteiger partial charge is 0.179 e. The summed E-state index contributed by atoms with van der Waals surface area (Å²) in [7, 11) is 1.70. The van der Waals surface area contributed by atoms with Crippen LogP contribution in [0.5, 0.6) is 5.75 Å². The molecule has 2 fully saturated rings. The fourth-order valence-electron chi connectivity index (χ4n) is 4.06. The maximum Gasteiger partial charge on any atom is 0.179 e. The van der Waals surface area contributed by atoms with E-state index in [1.807, 2.05) is 12.1 Å². The first-order chi connectivity index (χ1) is 13.7. The lowest BCUT2D eigenvalue weighted by Gasteiger charge is -2.36. The van der Waals surface area contributed by atoms with E-state index in [2.05, 4.69) is 28.5 Å². The lowest BCUT2D eigenvalue weighted by atomic mass is 9.87. The average molecular weight is 403 g/mol. The minimum Gasteiger partial charge on any atom is -0.497 e. The largest absolute Gasteiger partial charge is 0.497 e. The Morgan fingerprint density at radius 1 is 1.14 bits per heavy atom. The van der Waals surface area contributed by atoms with Crippen LogP contribution in [0, 0.1) is 5.92 Å². The minimum atomic E-state index is 0.543. The molecule has 1 heterocycles. The topological polar surface area (TPSA) is 54.1 Å². The molecule has 1 aromatic carbocycles. The molecule has 1 aliphatic carbocycles. The Labute approximate surface area is 174 Å². The number of amidine groups is 1. The van der Waals surface area contributed by atoms with Crippen LogP contribution in [-0.4, -0.2) is 54.8 Å². The van der Waals surface area contributed by atoms with Crippen LogP contribution in [0.25, 0.3) is 0 Å². The van der Waals surface area contributed by atoms with E-state index in [0.29, 0.717) is 5.92 Å². The molecule has 154 valence electrons. The summed E-state index contributed by atoms with van der Waals surface area (Å²) in [6, 6.07) is 8.38. The highest BCUT2D eigenvalue weighted by atomic mass is 32.2. The van der Waals surface area contributed by atoms with Gasteiger partial charge in [-0.3, -0.25) is 10.0 Å². The second kappa shape index (κ2) is 10.9. The van der Waals surface area contributed by atoms with Crippen molar-refractivity contribution in [2.45, 2.75) is 38.5 Å². The molecule has 2 N–H and O–H groups in total. The van der Waals surface area contributed by atoms with Gasteiger partial charge in [-0.25, -0.2) is 4.99 Å². The Bertz CT molecular complexity index is 647. The molecule has 1 saturated carbocycles. The van der Waals surface area contributed by atoms with Gasteiger partial charge in [-0.1, -0.05) is 38.0 Å². The highest BCUT2D eigenvalue weighted by molar-refractivity contribution is 8.11. The van der Waals surface area contributed by atoms with Crippen LogP contribution in [0.15, 0.2) is 41.5 Å². The Morgan fingerprint density at radius 3 is 2.43 bits per heavy atom. The van der Waals surface area contributed by atoms with Crippen LogP contribution >= 0.6 is 11.9 Å². The van der Waals surface area contributed by atoms with E-state index in [9.17, 15) is 0 Å². The highest BCUT2D eigenvalue weighted by Gasteiger charge is 2.22. The number of aliphatic imine (C=N–C) groups is 1. The van der Waals surface area contributed by atoms with E-state index in [0.717, 1.165) is 55.8 Å². The monoisotopic (exact) mass is 402 g/mol. The third kappa shape index (κ3) is 6.00. The quantitative estimate of drug-likeness (QED) is 0.444. The first kappa shape index (κ1) is 21.2. The third-order valence-corrected chi connectivity index (χ3v) is 6.50. The number of nitrogens with two attached hydrogens (primary N) is 1. The molecule has 0 aromatic heterocycles. The molecule has 0 spiro atoms. The molecular formula is C22H34N4OS. The summed E-state index contributed by atoms with van der Waals surface area (Å²) in [6.07, 6.45) is 7.47. The molecule has 1 aliphatic heterocycles. The Balaban J connectivity index is 1.46. The maximum absolute atomic E-state index is 5.95. The van der Waals surface area contributed by atoms with Crippen LogP contribution in [-0.2, 0) is 6.42 Å². The van der Waals surface area contributed by atoms with Crippen LogP contribution in [0.4, 0.5) is 0 Å². The summed E-state index contributed by atoms with van der Waals surface area (Å²) >= 11 is 1.27. The van der Waals surface area contributed by atoms with Crippen molar-refractivity contribution in [2.24, 2.45) is 16.0 Å². The van der Waals surface area contributed by atoms with E-state index in [1.165, 1.54) is 49.6 Å². The lowest BCUT2D eigenvalue weighted by Crippen LogP contribution is -2.48. The molecule has 1 aromatic rings. The average Bonchev–Trinajstić information content (AvgIpc) is 2.77. The van der Waals surface area contributed by atoms with Crippen molar-refractivity contribution >= 4 is 17.1 Å². The van der Waals surface area contributed by atoms with Crippen molar-refractivity contribution in [3.05, 3.63) is 42.1 Å². The van der Waals surface area contributed by atoms with Gasteiger partial charge in [0, 0.05) is 44.3 Å². The molecule has 0 bridgehead atoms. The van der Waals surface area contributed by atoms with Gasteiger partial charge in [0.2, 0.25) is 0 Å². The Kier molecular flexibility index (Phi) is 8.25. The van der Waals surface area contributed by atoms with Crippen LogP contribution < -0.4 is 9.88 Å². The number of hydrogen-bond donors (Lipinski definition) is 1. The molecule has 0 unspecified atom stereocenters. The van der Waals surface area contributed by atoms with E-state index in [-0.39, 0.29) is 0 Å². The van der Waals surface area contributed by atoms with Gasteiger partial charge >= 0.3 is 0 Å². The second-order valence-corrected chi connectivity index (χ2v) is 8.37. The first-order valence-electron chi connectivity index (χ1n) is 10.4. The van der Waals surface area contributed by atoms with Crippen LogP contribution in [0.2, 0.25) is 0 Å². The number of piperazine rings is 1. The lowest BCUT2D eigenvalue weighted by molar-refractivity contribution is 0.186. The van der Waals surface area contributed by atoms with Gasteiger partial charge in [-0.15, -0.1) is 0 Å². The van der Waals surface area contributed by atoms with E-state index >= 15 is 0 Å². The van der Waals surface area contributed by atoms with E-state index < -0.39 is 0 Å². The number of rotatable bonds is 6. The number of allylic oxidation sites excluding steroid dienone is 1. The first-order valence-corrected chi connectivity index (χ1v) is 11.3. The molecule has 2 aliphatic rings. The molecule has 5 nitrogen and oxygen atoms in total. The fraction of sp³-hybridized carbons (Fsp3) is 0.591. The van der Waals surface area contributed by atoms with Crippen molar-refractivity contribution in [1.82, 2.24) is 9.80 Å². The third-order valence-electron chi connectivity index (χ3n) is 5.94. The van der Waals surface area contributed by atoms with E-state index in [4.69, 9.17) is 14.9 Å². The number of hydrogen-bond acceptors (Lipinski definition) is 5. The standard InChI is InChI=1S/C22H34N4OS/c1-18(20-6-4-3-5-7-20)24-22(28-23)26-16-14-25(15-17-26)13-12-19-8-10-21(27-2)11-9-19/h8-11,20H,1,3-7,12-17,23H2,2H3. The minimum absolute atomic E-state index is 0.543. The predicted molar refractivity (Wildman–Crippen MR) is 120 cm³/mol. The Hall–Kier alpha value is -1.50. The van der Waals surface area contributed by atoms with Gasteiger partial charge in [0.1, 0.15) is 5.75 Å². The zero-order valence-corrected chi connectivity index (χ0v) is 17.9. The van der Waals surface area contributed by atoms with Gasteiger partial charge in [0.05, 0.1) is 7.11 Å². The molecule has 6 heteroatoms. The van der Waals surface area contributed by atoms with Crippen LogP contribution in [0.1, 0.15) is 37.7 Å². The number of methoxy groups -OCH3 is 1. The summed E-state index contributed by atoms with van der Waals surface area (Å²) in [6.45, 7) is 9.38.